The van der Waals surface area contributed by atoms with Crippen LogP contribution in [0.15, 0.2) is 22.7 Å². The van der Waals surface area contributed by atoms with Gasteiger partial charge in [0.1, 0.15) is 10.0 Å². The third-order valence-electron chi connectivity index (χ3n) is 2.81. The minimum absolute atomic E-state index is 0.146. The summed E-state index contributed by atoms with van der Waals surface area (Å²) in [5.41, 5.74) is 2.50. The van der Waals surface area contributed by atoms with Crippen molar-refractivity contribution in [3.63, 3.8) is 0 Å². The zero-order valence-corrected chi connectivity index (χ0v) is 14.7. The van der Waals surface area contributed by atoms with Gasteiger partial charge in [-0.25, -0.2) is 0 Å². The Labute approximate surface area is 133 Å². The summed E-state index contributed by atoms with van der Waals surface area (Å²) in [5.74, 6) is 0. The fraction of sp³-hybridized carbons (Fsp3) is 0.467. The molecule has 1 aromatic heterocycles. The lowest BCUT2D eigenvalue weighted by atomic mass is 10.1. The van der Waals surface area contributed by atoms with Crippen LogP contribution in [0.4, 0.5) is 0 Å². The van der Waals surface area contributed by atoms with E-state index in [9.17, 15) is 0 Å². The van der Waals surface area contributed by atoms with Gasteiger partial charge < -0.3 is 5.32 Å². The standard InChI is InChI=1S/C15H20BrN3S/c1-10-5-6-12(16)11(9-10)14-19-18-13(20-14)7-8-17-15(2,3)4/h5-6,9,17H,7-8H2,1-4H3. The number of hydrogen-bond acceptors (Lipinski definition) is 4. The Morgan fingerprint density at radius 3 is 2.70 bits per heavy atom. The number of rotatable bonds is 4. The topological polar surface area (TPSA) is 37.8 Å². The van der Waals surface area contributed by atoms with Gasteiger partial charge in [-0.3, -0.25) is 0 Å². The summed E-state index contributed by atoms with van der Waals surface area (Å²) in [6.07, 6.45) is 0.915. The quantitative estimate of drug-likeness (QED) is 0.894. The van der Waals surface area contributed by atoms with Crippen LogP contribution in [-0.2, 0) is 6.42 Å². The van der Waals surface area contributed by atoms with Crippen molar-refractivity contribution >= 4 is 27.3 Å². The Morgan fingerprint density at radius 1 is 1.25 bits per heavy atom. The molecule has 0 unspecified atom stereocenters. The van der Waals surface area contributed by atoms with Crippen molar-refractivity contribution in [1.29, 1.82) is 0 Å². The molecule has 0 aliphatic rings. The molecule has 0 spiro atoms. The van der Waals surface area contributed by atoms with Crippen LogP contribution in [0.25, 0.3) is 10.6 Å². The molecule has 5 heteroatoms. The molecule has 1 N–H and O–H groups in total. The molecule has 0 atom stereocenters. The van der Waals surface area contributed by atoms with Crippen LogP contribution in [-0.4, -0.2) is 22.3 Å². The van der Waals surface area contributed by atoms with Crippen LogP contribution in [0.5, 0.6) is 0 Å². The predicted octanol–water partition coefficient (Wildman–Crippen LogP) is 4.21. The second-order valence-electron chi connectivity index (χ2n) is 5.91. The molecule has 108 valence electrons. The van der Waals surface area contributed by atoms with Crippen LogP contribution >= 0.6 is 27.3 Å². The van der Waals surface area contributed by atoms with E-state index in [2.05, 4.69) is 77.3 Å². The molecule has 2 rings (SSSR count). The van der Waals surface area contributed by atoms with Gasteiger partial charge in [0.2, 0.25) is 0 Å². The molecule has 3 nitrogen and oxygen atoms in total. The fourth-order valence-corrected chi connectivity index (χ4v) is 3.25. The maximum absolute atomic E-state index is 4.31. The smallest absolute Gasteiger partial charge is 0.148 e. The van der Waals surface area contributed by atoms with Crippen molar-refractivity contribution in [2.75, 3.05) is 6.54 Å². The Kier molecular flexibility index (Phi) is 4.94. The van der Waals surface area contributed by atoms with Crippen molar-refractivity contribution in [3.05, 3.63) is 33.2 Å². The molecular formula is C15H20BrN3S. The minimum atomic E-state index is 0.146. The van der Waals surface area contributed by atoms with E-state index in [-0.39, 0.29) is 5.54 Å². The van der Waals surface area contributed by atoms with Crippen LogP contribution in [0.1, 0.15) is 31.3 Å². The minimum Gasteiger partial charge on any atom is -0.312 e. The zero-order chi connectivity index (χ0) is 14.8. The van der Waals surface area contributed by atoms with Gasteiger partial charge in [0.25, 0.3) is 0 Å². The molecule has 0 aliphatic carbocycles. The molecule has 20 heavy (non-hydrogen) atoms. The molecule has 0 radical (unpaired) electrons. The van der Waals surface area contributed by atoms with Gasteiger partial charge >= 0.3 is 0 Å². The summed E-state index contributed by atoms with van der Waals surface area (Å²) >= 11 is 5.25. The van der Waals surface area contributed by atoms with Gasteiger partial charge in [0.15, 0.2) is 0 Å². The van der Waals surface area contributed by atoms with E-state index < -0.39 is 0 Å². The number of halogens is 1. The summed E-state index contributed by atoms with van der Waals surface area (Å²) in [4.78, 5) is 0. The lowest BCUT2D eigenvalue weighted by molar-refractivity contribution is 0.429. The monoisotopic (exact) mass is 353 g/mol. The maximum Gasteiger partial charge on any atom is 0.148 e. The van der Waals surface area contributed by atoms with Crippen LogP contribution in [0.3, 0.4) is 0 Å². The van der Waals surface area contributed by atoms with Gasteiger partial charge in [-0.05, 0) is 39.8 Å². The molecule has 0 fully saturated rings. The van der Waals surface area contributed by atoms with Crippen molar-refractivity contribution in [2.45, 2.75) is 39.7 Å². The first kappa shape index (κ1) is 15.6. The molecule has 0 saturated heterocycles. The largest absolute Gasteiger partial charge is 0.312 e. The van der Waals surface area contributed by atoms with E-state index in [0.717, 1.165) is 33.0 Å². The van der Waals surface area contributed by atoms with Crippen molar-refractivity contribution < 1.29 is 0 Å². The van der Waals surface area contributed by atoms with Crippen molar-refractivity contribution in [1.82, 2.24) is 15.5 Å². The average Bonchev–Trinajstić information content (AvgIpc) is 2.79. The predicted molar refractivity (Wildman–Crippen MR) is 89.2 cm³/mol. The van der Waals surface area contributed by atoms with E-state index >= 15 is 0 Å². The number of aromatic nitrogens is 2. The zero-order valence-electron chi connectivity index (χ0n) is 12.3. The first-order valence-electron chi connectivity index (χ1n) is 6.69. The van der Waals surface area contributed by atoms with Crippen LogP contribution in [0, 0.1) is 6.92 Å². The third-order valence-corrected chi connectivity index (χ3v) is 4.52. The SMILES string of the molecule is Cc1ccc(Br)c(-c2nnc(CCNC(C)(C)C)s2)c1. The molecule has 2 aromatic rings. The van der Waals surface area contributed by atoms with Gasteiger partial charge in [-0.1, -0.05) is 38.9 Å². The average molecular weight is 354 g/mol. The summed E-state index contributed by atoms with van der Waals surface area (Å²) in [6, 6.07) is 6.29. The van der Waals surface area contributed by atoms with Gasteiger partial charge in [0, 0.05) is 28.5 Å². The molecule has 0 saturated carbocycles. The Hall–Kier alpha value is -0.780. The van der Waals surface area contributed by atoms with Crippen molar-refractivity contribution in [2.24, 2.45) is 0 Å². The number of hydrogen-bond donors (Lipinski definition) is 1. The lowest BCUT2D eigenvalue weighted by Gasteiger charge is -2.19. The fourth-order valence-electron chi connectivity index (χ4n) is 1.81. The van der Waals surface area contributed by atoms with E-state index in [1.165, 1.54) is 5.56 Å². The molecule has 1 aromatic carbocycles. The summed E-state index contributed by atoms with van der Waals surface area (Å²) in [6.45, 7) is 9.52. The van der Waals surface area contributed by atoms with Gasteiger partial charge in [-0.15, -0.1) is 10.2 Å². The lowest BCUT2D eigenvalue weighted by Crippen LogP contribution is -2.37. The Bertz CT molecular complexity index is 587. The first-order chi connectivity index (χ1) is 9.35. The highest BCUT2D eigenvalue weighted by atomic mass is 79.9. The number of nitrogens with one attached hydrogen (secondary N) is 1. The maximum atomic E-state index is 4.31. The summed E-state index contributed by atoms with van der Waals surface area (Å²) < 4.78 is 1.07. The van der Waals surface area contributed by atoms with Crippen LogP contribution < -0.4 is 5.32 Å². The van der Waals surface area contributed by atoms with Gasteiger partial charge in [0.05, 0.1) is 0 Å². The number of aryl methyl sites for hydroxylation is 1. The Balaban J connectivity index is 2.07. The van der Waals surface area contributed by atoms with E-state index in [4.69, 9.17) is 0 Å². The normalized spacial score (nSPS) is 11.8. The van der Waals surface area contributed by atoms with E-state index in [1.807, 2.05) is 0 Å². The van der Waals surface area contributed by atoms with E-state index in [0.29, 0.717) is 0 Å². The molecule has 0 amide bonds. The van der Waals surface area contributed by atoms with Gasteiger partial charge in [-0.2, -0.15) is 0 Å². The summed E-state index contributed by atoms with van der Waals surface area (Å²) in [7, 11) is 0. The molecular weight excluding hydrogens is 334 g/mol. The highest BCUT2D eigenvalue weighted by Crippen LogP contribution is 2.31. The first-order valence-corrected chi connectivity index (χ1v) is 8.30. The van der Waals surface area contributed by atoms with E-state index in [1.54, 1.807) is 11.3 Å². The second kappa shape index (κ2) is 6.33. The summed E-state index contributed by atoms with van der Waals surface area (Å²) in [5, 5.41) is 14.1. The molecule has 0 aliphatic heterocycles. The van der Waals surface area contributed by atoms with Crippen molar-refractivity contribution in [3.8, 4) is 10.6 Å². The molecule has 0 bridgehead atoms. The Morgan fingerprint density at radius 2 is 2.00 bits per heavy atom. The number of benzene rings is 1. The third kappa shape index (κ3) is 4.36. The highest BCUT2D eigenvalue weighted by Gasteiger charge is 2.12. The number of nitrogens with zero attached hydrogens (tertiary/aromatic N) is 2. The molecule has 1 heterocycles. The van der Waals surface area contributed by atoms with Crippen LogP contribution in [0.2, 0.25) is 0 Å². The second-order valence-corrected chi connectivity index (χ2v) is 7.83. The highest BCUT2D eigenvalue weighted by molar-refractivity contribution is 9.10.